The number of ether oxygens (including phenoxy) is 1. The number of rotatable bonds is 20. The molecule has 1 aromatic heterocycles. The number of carbonyl (C=O) groups excluding carboxylic acids is 4. The molecular formula is C37H54N2O5S. The smallest absolute Gasteiger partial charge is 0.306 e. The van der Waals surface area contributed by atoms with E-state index in [1.165, 1.54) is 11.3 Å². The number of nitrogen functional groups attached to an aromatic ring is 1. The molecule has 2 aromatic rings. The quantitative estimate of drug-likeness (QED) is 0.0921. The van der Waals surface area contributed by atoms with Gasteiger partial charge in [-0.3, -0.25) is 19.2 Å². The third-order valence-electron chi connectivity index (χ3n) is 9.10. The zero-order valence-electron chi connectivity index (χ0n) is 27.7. The molecule has 3 unspecified atom stereocenters. The van der Waals surface area contributed by atoms with E-state index in [-0.39, 0.29) is 61.1 Å². The molecule has 1 amide bonds. The van der Waals surface area contributed by atoms with Crippen molar-refractivity contribution in [3.05, 3.63) is 51.7 Å². The van der Waals surface area contributed by atoms with Crippen molar-refractivity contribution in [1.82, 2.24) is 4.90 Å². The van der Waals surface area contributed by atoms with Gasteiger partial charge in [-0.2, -0.15) is 0 Å². The number of aryl methyl sites for hydroxylation is 2. The van der Waals surface area contributed by atoms with E-state index in [1.54, 1.807) is 23.2 Å². The van der Waals surface area contributed by atoms with Gasteiger partial charge in [0.05, 0.1) is 13.2 Å². The van der Waals surface area contributed by atoms with Gasteiger partial charge in [-0.25, -0.2) is 0 Å². The standard InChI is InChI=1S/C37H54N2O5S/c1-4-7-8-9-10-12-27(22-36(42)44-6-3)21-32(40)25-35-30(15-17-34-13-11-20-45-34)24-33(41)26-39(37(35)43)19-18-29-14-16-31(38)23-28(29)5-2/h11,13-14,16,20,23,27,30,35H,4-10,12,15,17-19,21-22,24-26,38H2,1-3H3. The number of ketones is 2. The molecule has 0 spiro atoms. The summed E-state index contributed by atoms with van der Waals surface area (Å²) in [6.45, 7) is 6.88. The SMILES string of the molecule is CCCCCCCC(CC(=O)CC1C(=O)N(CCc2ccc(N)cc2CC)CC(=O)CC1CCc1cccs1)CC(=O)OCC. The Morgan fingerprint density at radius 1 is 1.02 bits per heavy atom. The Kier molecular flexibility index (Phi) is 15.8. The number of likely N-dealkylation sites (tertiary alicyclic amines) is 1. The summed E-state index contributed by atoms with van der Waals surface area (Å²) in [5.74, 6) is -1.16. The Balaban J connectivity index is 1.76. The third kappa shape index (κ3) is 12.4. The van der Waals surface area contributed by atoms with Gasteiger partial charge in [-0.1, -0.05) is 58.1 Å². The zero-order chi connectivity index (χ0) is 32.6. The second-order valence-electron chi connectivity index (χ2n) is 12.6. The number of nitrogens with zero attached hydrogens (tertiary/aromatic N) is 1. The second-order valence-corrected chi connectivity index (χ2v) is 13.7. The first-order chi connectivity index (χ1) is 21.7. The van der Waals surface area contributed by atoms with E-state index < -0.39 is 5.92 Å². The number of Topliss-reactive ketones (excluding diaryl/α,β-unsaturated/α-hetero) is 2. The Morgan fingerprint density at radius 2 is 1.82 bits per heavy atom. The molecule has 0 radical (unpaired) electrons. The van der Waals surface area contributed by atoms with Gasteiger partial charge in [-0.15, -0.1) is 11.3 Å². The lowest BCUT2D eigenvalue weighted by Crippen LogP contribution is -2.40. The summed E-state index contributed by atoms with van der Waals surface area (Å²) in [6, 6.07) is 9.95. The predicted molar refractivity (Wildman–Crippen MR) is 182 cm³/mol. The molecule has 1 saturated heterocycles. The van der Waals surface area contributed by atoms with Gasteiger partial charge in [0.2, 0.25) is 5.91 Å². The zero-order valence-corrected chi connectivity index (χ0v) is 28.5. The molecule has 8 heteroatoms. The summed E-state index contributed by atoms with van der Waals surface area (Å²) in [5.41, 5.74) is 8.98. The number of benzene rings is 1. The number of thiophene rings is 1. The number of hydrogen-bond donors (Lipinski definition) is 1. The van der Waals surface area contributed by atoms with E-state index in [9.17, 15) is 19.2 Å². The summed E-state index contributed by atoms with van der Waals surface area (Å²) in [5, 5.41) is 2.04. The van der Waals surface area contributed by atoms with Crippen LogP contribution in [0.2, 0.25) is 0 Å². The highest BCUT2D eigenvalue weighted by Crippen LogP contribution is 2.33. The van der Waals surface area contributed by atoms with E-state index in [2.05, 4.69) is 19.9 Å². The van der Waals surface area contributed by atoms with Crippen molar-refractivity contribution in [2.45, 2.75) is 111 Å². The lowest BCUT2D eigenvalue weighted by atomic mass is 9.80. The van der Waals surface area contributed by atoms with Crippen molar-refractivity contribution in [3.63, 3.8) is 0 Å². The average molecular weight is 639 g/mol. The van der Waals surface area contributed by atoms with Crippen molar-refractivity contribution < 1.29 is 23.9 Å². The van der Waals surface area contributed by atoms with E-state index >= 15 is 0 Å². The minimum absolute atomic E-state index is 0.00145. The highest BCUT2D eigenvalue weighted by atomic mass is 32.1. The van der Waals surface area contributed by atoms with Gasteiger partial charge in [0.1, 0.15) is 5.78 Å². The summed E-state index contributed by atoms with van der Waals surface area (Å²) < 4.78 is 5.22. The van der Waals surface area contributed by atoms with Gasteiger partial charge >= 0.3 is 5.97 Å². The van der Waals surface area contributed by atoms with Crippen LogP contribution < -0.4 is 5.73 Å². The first-order valence-corrected chi connectivity index (χ1v) is 18.0. The third-order valence-corrected chi connectivity index (χ3v) is 10.0. The number of esters is 1. The Hall–Kier alpha value is -3.00. The van der Waals surface area contributed by atoms with Crippen LogP contribution in [0.1, 0.15) is 107 Å². The van der Waals surface area contributed by atoms with E-state index in [0.29, 0.717) is 38.1 Å². The largest absolute Gasteiger partial charge is 0.466 e. The number of hydrogen-bond acceptors (Lipinski definition) is 7. The molecule has 0 saturated carbocycles. The van der Waals surface area contributed by atoms with Crippen LogP contribution in [0, 0.1) is 17.8 Å². The van der Waals surface area contributed by atoms with E-state index in [1.807, 2.05) is 29.6 Å². The Morgan fingerprint density at radius 3 is 2.53 bits per heavy atom. The van der Waals surface area contributed by atoms with E-state index in [4.69, 9.17) is 10.5 Å². The molecule has 45 heavy (non-hydrogen) atoms. The molecule has 7 nitrogen and oxygen atoms in total. The summed E-state index contributed by atoms with van der Waals surface area (Å²) in [4.78, 5) is 56.4. The lowest BCUT2D eigenvalue weighted by molar-refractivity contribution is -0.144. The number of amides is 1. The number of nitrogens with two attached hydrogens (primary N) is 1. The van der Waals surface area contributed by atoms with Gasteiger partial charge in [0.25, 0.3) is 0 Å². The highest BCUT2D eigenvalue weighted by molar-refractivity contribution is 7.09. The molecular weight excluding hydrogens is 584 g/mol. The Bertz CT molecular complexity index is 1230. The minimum Gasteiger partial charge on any atom is -0.466 e. The van der Waals surface area contributed by atoms with Crippen molar-refractivity contribution in [3.8, 4) is 0 Å². The normalized spacial score (nSPS) is 17.7. The summed E-state index contributed by atoms with van der Waals surface area (Å²) in [7, 11) is 0. The van der Waals surface area contributed by atoms with Crippen molar-refractivity contribution in [1.29, 1.82) is 0 Å². The van der Waals surface area contributed by atoms with Gasteiger partial charge < -0.3 is 15.4 Å². The van der Waals surface area contributed by atoms with E-state index in [0.717, 1.165) is 56.1 Å². The maximum absolute atomic E-state index is 14.2. The van der Waals surface area contributed by atoms with Crippen LogP contribution in [0.5, 0.6) is 0 Å². The van der Waals surface area contributed by atoms with Crippen LogP contribution in [-0.4, -0.2) is 48.0 Å². The first kappa shape index (κ1) is 36.5. The monoisotopic (exact) mass is 638 g/mol. The number of carbonyl (C=O) groups is 4. The van der Waals surface area contributed by atoms with Crippen molar-refractivity contribution in [2.24, 2.45) is 17.8 Å². The number of unbranched alkanes of at least 4 members (excludes halogenated alkanes) is 4. The van der Waals surface area contributed by atoms with Gasteiger partial charge in [0, 0.05) is 48.7 Å². The fourth-order valence-electron chi connectivity index (χ4n) is 6.65. The molecule has 2 heterocycles. The maximum atomic E-state index is 14.2. The minimum atomic E-state index is -0.547. The van der Waals surface area contributed by atoms with Crippen LogP contribution >= 0.6 is 11.3 Å². The molecule has 2 N–H and O–H groups in total. The molecule has 248 valence electrons. The van der Waals surface area contributed by atoms with Crippen LogP contribution in [0.25, 0.3) is 0 Å². The molecule has 0 bridgehead atoms. The molecule has 1 aromatic carbocycles. The molecule has 3 rings (SSSR count). The van der Waals surface area contributed by atoms with Crippen molar-refractivity contribution >= 4 is 40.5 Å². The van der Waals surface area contributed by atoms with Crippen LogP contribution in [0.15, 0.2) is 35.7 Å². The molecule has 1 fully saturated rings. The molecule has 3 atom stereocenters. The van der Waals surface area contributed by atoms with Crippen LogP contribution in [-0.2, 0) is 43.2 Å². The summed E-state index contributed by atoms with van der Waals surface area (Å²) >= 11 is 1.67. The highest BCUT2D eigenvalue weighted by Gasteiger charge is 2.38. The fourth-order valence-corrected chi connectivity index (χ4v) is 7.37. The maximum Gasteiger partial charge on any atom is 0.306 e. The first-order valence-electron chi connectivity index (χ1n) is 17.1. The topological polar surface area (TPSA) is 107 Å². The average Bonchev–Trinajstić information content (AvgIpc) is 3.50. The Labute approximate surface area is 274 Å². The predicted octanol–water partition coefficient (Wildman–Crippen LogP) is 7.38. The molecule has 0 aliphatic carbocycles. The fraction of sp³-hybridized carbons (Fsp3) is 0.622. The van der Waals surface area contributed by atoms with Gasteiger partial charge in [0.15, 0.2) is 5.78 Å². The lowest BCUT2D eigenvalue weighted by Gasteiger charge is -2.28. The molecule has 1 aliphatic heterocycles. The van der Waals surface area contributed by atoms with Crippen LogP contribution in [0.3, 0.4) is 0 Å². The van der Waals surface area contributed by atoms with Gasteiger partial charge in [-0.05, 0) is 85.6 Å². The molecule has 1 aliphatic rings. The van der Waals surface area contributed by atoms with Crippen LogP contribution in [0.4, 0.5) is 5.69 Å². The second kappa shape index (κ2) is 19.5. The summed E-state index contributed by atoms with van der Waals surface area (Å²) in [6.07, 6.45) is 10.2. The van der Waals surface area contributed by atoms with Crippen molar-refractivity contribution in [2.75, 3.05) is 25.4 Å². The number of anilines is 1.